The van der Waals surface area contributed by atoms with Crippen LogP contribution < -0.4 is 0 Å². The van der Waals surface area contributed by atoms with Gasteiger partial charge in [0, 0.05) is 0 Å². The van der Waals surface area contributed by atoms with E-state index in [4.69, 9.17) is 0 Å². The quantitative estimate of drug-likeness (QED) is 0.702. The summed E-state index contributed by atoms with van der Waals surface area (Å²) in [7, 11) is -3.27. The van der Waals surface area contributed by atoms with E-state index in [9.17, 15) is 13.2 Å². The van der Waals surface area contributed by atoms with Crippen molar-refractivity contribution < 1.29 is 13.2 Å². The van der Waals surface area contributed by atoms with E-state index in [1.807, 2.05) is 19.1 Å². The van der Waals surface area contributed by atoms with Gasteiger partial charge in [0.05, 0.1) is 5.75 Å². The monoisotopic (exact) mass is 212 g/mol. The third-order valence-electron chi connectivity index (χ3n) is 1.79. The van der Waals surface area contributed by atoms with Gasteiger partial charge in [0.15, 0.2) is 9.84 Å². The van der Waals surface area contributed by atoms with Crippen molar-refractivity contribution in [2.24, 2.45) is 0 Å². The summed E-state index contributed by atoms with van der Waals surface area (Å²) >= 11 is 0. The number of benzene rings is 1. The summed E-state index contributed by atoms with van der Waals surface area (Å²) in [4.78, 5) is 10.1. The molecular weight excluding hydrogens is 200 g/mol. The summed E-state index contributed by atoms with van der Waals surface area (Å²) in [5.41, 5.74) is 1.75. The first kappa shape index (κ1) is 10.9. The van der Waals surface area contributed by atoms with Gasteiger partial charge in [-0.25, -0.2) is 8.42 Å². The van der Waals surface area contributed by atoms with Crippen molar-refractivity contribution >= 4 is 16.1 Å². The third kappa shape index (κ3) is 3.30. The molecule has 0 fully saturated rings. The van der Waals surface area contributed by atoms with Gasteiger partial charge in [-0.3, -0.25) is 0 Å². The molecule has 3 nitrogen and oxygen atoms in total. The summed E-state index contributed by atoms with van der Waals surface area (Å²) in [5.74, 6) is -0.464. The first-order chi connectivity index (χ1) is 6.53. The molecule has 0 atom stereocenters. The zero-order valence-electron chi connectivity index (χ0n) is 7.93. The zero-order valence-corrected chi connectivity index (χ0v) is 8.75. The van der Waals surface area contributed by atoms with Crippen LogP contribution in [-0.2, 0) is 20.4 Å². The van der Waals surface area contributed by atoms with Gasteiger partial charge in [0.1, 0.15) is 12.0 Å². The first-order valence-corrected chi connectivity index (χ1v) is 6.05. The van der Waals surface area contributed by atoms with Crippen LogP contribution in [-0.4, -0.2) is 20.5 Å². The molecular formula is C10H12O3S. The van der Waals surface area contributed by atoms with Gasteiger partial charge in [-0.05, 0) is 12.5 Å². The van der Waals surface area contributed by atoms with E-state index in [-0.39, 0.29) is 5.75 Å². The van der Waals surface area contributed by atoms with E-state index < -0.39 is 15.6 Å². The highest BCUT2D eigenvalue weighted by Gasteiger charge is 2.10. The third-order valence-corrected chi connectivity index (χ3v) is 3.21. The Morgan fingerprint density at radius 1 is 1.36 bits per heavy atom. The number of aryl methyl sites for hydroxylation is 1. The maximum absolute atomic E-state index is 11.3. The van der Waals surface area contributed by atoms with Crippen LogP contribution in [0.5, 0.6) is 0 Å². The first-order valence-electron chi connectivity index (χ1n) is 4.23. The lowest BCUT2D eigenvalue weighted by Crippen LogP contribution is -2.10. The number of carbonyl (C=O) groups excluding carboxylic acids is 1. The van der Waals surface area contributed by atoms with Gasteiger partial charge in [-0.15, -0.1) is 0 Å². The molecule has 1 aromatic rings. The van der Waals surface area contributed by atoms with Crippen LogP contribution in [0, 0.1) is 6.92 Å². The molecule has 0 aliphatic heterocycles. The van der Waals surface area contributed by atoms with Crippen LogP contribution >= 0.6 is 0 Å². The fraction of sp³-hybridized carbons (Fsp3) is 0.300. The molecule has 0 unspecified atom stereocenters. The fourth-order valence-corrected chi connectivity index (χ4v) is 2.23. The van der Waals surface area contributed by atoms with E-state index >= 15 is 0 Å². The number of aldehydes is 1. The molecule has 0 spiro atoms. The van der Waals surface area contributed by atoms with Gasteiger partial charge in [-0.2, -0.15) is 0 Å². The smallest absolute Gasteiger partial charge is 0.161 e. The van der Waals surface area contributed by atoms with Crippen molar-refractivity contribution in [3.8, 4) is 0 Å². The highest BCUT2D eigenvalue weighted by atomic mass is 32.2. The summed E-state index contributed by atoms with van der Waals surface area (Å²) < 4.78 is 22.6. The minimum Gasteiger partial charge on any atom is -0.302 e. The highest BCUT2D eigenvalue weighted by molar-refractivity contribution is 7.91. The number of rotatable bonds is 4. The normalized spacial score (nSPS) is 11.2. The summed E-state index contributed by atoms with van der Waals surface area (Å²) in [5, 5.41) is 0. The molecule has 0 saturated carbocycles. The van der Waals surface area contributed by atoms with Crippen LogP contribution in [0.2, 0.25) is 0 Å². The van der Waals surface area contributed by atoms with Crippen LogP contribution in [0.4, 0.5) is 0 Å². The van der Waals surface area contributed by atoms with Crippen molar-refractivity contribution in [3.63, 3.8) is 0 Å². The molecule has 0 aliphatic rings. The highest BCUT2D eigenvalue weighted by Crippen LogP contribution is 2.08. The zero-order chi connectivity index (χ0) is 10.6. The molecule has 0 N–H and O–H groups in total. The molecule has 0 radical (unpaired) electrons. The number of sulfone groups is 1. The Labute approximate surface area is 83.7 Å². The maximum Gasteiger partial charge on any atom is 0.161 e. The van der Waals surface area contributed by atoms with E-state index in [2.05, 4.69) is 0 Å². The van der Waals surface area contributed by atoms with Gasteiger partial charge in [0.25, 0.3) is 0 Å². The fourth-order valence-electron chi connectivity index (χ4n) is 1.22. The second-order valence-corrected chi connectivity index (χ2v) is 5.32. The van der Waals surface area contributed by atoms with Gasteiger partial charge < -0.3 is 4.79 Å². The predicted molar refractivity (Wildman–Crippen MR) is 54.7 cm³/mol. The Morgan fingerprint density at radius 2 is 2.07 bits per heavy atom. The van der Waals surface area contributed by atoms with E-state index in [0.29, 0.717) is 6.29 Å². The summed E-state index contributed by atoms with van der Waals surface area (Å²) in [6.45, 7) is 1.90. The minimum absolute atomic E-state index is 0.0621. The maximum atomic E-state index is 11.3. The molecule has 0 aromatic heterocycles. The average molecular weight is 212 g/mol. The molecule has 0 heterocycles. The van der Waals surface area contributed by atoms with Crippen LogP contribution in [0.1, 0.15) is 11.1 Å². The molecule has 0 aliphatic carbocycles. The minimum atomic E-state index is -3.27. The van der Waals surface area contributed by atoms with Gasteiger partial charge in [-0.1, -0.05) is 29.8 Å². The molecule has 4 heteroatoms. The SMILES string of the molecule is Cc1cccc(CS(=O)(=O)CC=O)c1. The lowest BCUT2D eigenvalue weighted by atomic mass is 10.2. The van der Waals surface area contributed by atoms with Gasteiger partial charge in [0.2, 0.25) is 0 Å². The molecule has 0 saturated heterocycles. The van der Waals surface area contributed by atoms with Crippen LogP contribution in [0.15, 0.2) is 24.3 Å². The second-order valence-electron chi connectivity index (χ2n) is 3.21. The molecule has 1 rings (SSSR count). The topological polar surface area (TPSA) is 51.2 Å². The van der Waals surface area contributed by atoms with Crippen molar-refractivity contribution in [3.05, 3.63) is 35.4 Å². The molecule has 0 bridgehead atoms. The largest absolute Gasteiger partial charge is 0.302 e. The Hall–Kier alpha value is -1.16. The summed E-state index contributed by atoms with van der Waals surface area (Å²) in [6.07, 6.45) is 0.422. The Morgan fingerprint density at radius 3 is 2.64 bits per heavy atom. The standard InChI is InChI=1S/C10H12O3S/c1-9-3-2-4-10(7-9)8-14(12,13)6-5-11/h2-5,7H,6,8H2,1H3. The molecule has 1 aromatic carbocycles. The lowest BCUT2D eigenvalue weighted by molar-refractivity contribution is -0.105. The number of hydrogen-bond donors (Lipinski definition) is 0. The van der Waals surface area contributed by atoms with Gasteiger partial charge >= 0.3 is 0 Å². The van der Waals surface area contributed by atoms with Crippen molar-refractivity contribution in [2.45, 2.75) is 12.7 Å². The Balaban J connectivity index is 2.84. The number of hydrogen-bond acceptors (Lipinski definition) is 3. The average Bonchev–Trinajstić information content (AvgIpc) is 2.02. The predicted octanol–water partition coefficient (Wildman–Crippen LogP) is 1.11. The van der Waals surface area contributed by atoms with E-state index in [1.165, 1.54) is 0 Å². The molecule has 76 valence electrons. The molecule has 0 amide bonds. The van der Waals surface area contributed by atoms with Crippen molar-refractivity contribution in [1.29, 1.82) is 0 Å². The number of carbonyl (C=O) groups is 1. The Bertz CT molecular complexity index is 421. The van der Waals surface area contributed by atoms with E-state index in [0.717, 1.165) is 11.1 Å². The van der Waals surface area contributed by atoms with Crippen LogP contribution in [0.3, 0.4) is 0 Å². The van der Waals surface area contributed by atoms with E-state index in [1.54, 1.807) is 12.1 Å². The van der Waals surface area contributed by atoms with Crippen LogP contribution in [0.25, 0.3) is 0 Å². The second kappa shape index (κ2) is 4.37. The van der Waals surface area contributed by atoms with Crippen molar-refractivity contribution in [1.82, 2.24) is 0 Å². The Kier molecular flexibility index (Phi) is 3.41. The lowest BCUT2D eigenvalue weighted by Gasteiger charge is -2.01. The summed E-state index contributed by atoms with van der Waals surface area (Å²) in [6, 6.07) is 7.26. The van der Waals surface area contributed by atoms with Crippen molar-refractivity contribution in [2.75, 3.05) is 5.75 Å². The molecule has 14 heavy (non-hydrogen) atoms.